The minimum atomic E-state index is -0.390. The monoisotopic (exact) mass is 222 g/mol. The molecule has 16 heavy (non-hydrogen) atoms. The van der Waals surface area contributed by atoms with Gasteiger partial charge in [0, 0.05) is 5.56 Å². The lowest BCUT2D eigenvalue weighted by Crippen LogP contribution is -2.14. The van der Waals surface area contributed by atoms with Crippen LogP contribution in [0.25, 0.3) is 0 Å². The van der Waals surface area contributed by atoms with Crippen molar-refractivity contribution in [1.29, 1.82) is 0 Å². The summed E-state index contributed by atoms with van der Waals surface area (Å²) >= 11 is 0. The minimum absolute atomic E-state index is 0.00537. The first-order chi connectivity index (χ1) is 7.79. The number of ether oxygens (including phenoxy) is 3. The molecule has 4 heteroatoms. The molecular weight excluding hydrogens is 208 g/mol. The van der Waals surface area contributed by atoms with E-state index in [1.165, 1.54) is 0 Å². The van der Waals surface area contributed by atoms with Gasteiger partial charge in [0.15, 0.2) is 12.1 Å². The Balaban J connectivity index is 2.01. The van der Waals surface area contributed by atoms with E-state index in [0.29, 0.717) is 24.5 Å². The number of methoxy groups -OCH3 is 1. The highest BCUT2D eigenvalue weighted by Crippen LogP contribution is 2.17. The number of carbonyl (C=O) groups is 1. The van der Waals surface area contributed by atoms with Gasteiger partial charge in [0.25, 0.3) is 0 Å². The van der Waals surface area contributed by atoms with Crippen LogP contribution in [0.5, 0.6) is 5.75 Å². The maximum atomic E-state index is 11.9. The molecule has 0 saturated carbocycles. The molecule has 0 N–H and O–H groups in total. The van der Waals surface area contributed by atoms with Crippen LogP contribution in [-0.4, -0.2) is 32.4 Å². The average Bonchev–Trinajstić information content (AvgIpc) is 2.82. The third kappa shape index (κ3) is 2.59. The Kier molecular flexibility index (Phi) is 3.54. The first-order valence-corrected chi connectivity index (χ1v) is 5.20. The molecule has 1 saturated heterocycles. The average molecular weight is 222 g/mol. The number of benzene rings is 1. The van der Waals surface area contributed by atoms with Crippen molar-refractivity contribution in [2.24, 2.45) is 0 Å². The maximum Gasteiger partial charge on any atom is 0.168 e. The number of hydrogen-bond donors (Lipinski definition) is 0. The first kappa shape index (κ1) is 11.1. The van der Waals surface area contributed by atoms with Crippen LogP contribution in [0.15, 0.2) is 24.3 Å². The summed E-state index contributed by atoms with van der Waals surface area (Å²) in [6.45, 7) is 1.13. The van der Waals surface area contributed by atoms with E-state index >= 15 is 0 Å². The normalized spacial score (nSPS) is 16.3. The first-order valence-electron chi connectivity index (χ1n) is 5.20. The van der Waals surface area contributed by atoms with Crippen molar-refractivity contribution in [3.05, 3.63) is 29.8 Å². The van der Waals surface area contributed by atoms with Gasteiger partial charge in [-0.2, -0.15) is 0 Å². The van der Waals surface area contributed by atoms with Crippen LogP contribution in [0.1, 0.15) is 16.8 Å². The van der Waals surface area contributed by atoms with E-state index in [9.17, 15) is 4.79 Å². The van der Waals surface area contributed by atoms with Gasteiger partial charge in [0.05, 0.1) is 26.7 Å². The zero-order chi connectivity index (χ0) is 11.4. The van der Waals surface area contributed by atoms with Gasteiger partial charge in [-0.1, -0.05) is 12.1 Å². The summed E-state index contributed by atoms with van der Waals surface area (Å²) in [4.78, 5) is 11.9. The second-order valence-corrected chi connectivity index (χ2v) is 3.53. The number of rotatable bonds is 4. The van der Waals surface area contributed by atoms with Crippen molar-refractivity contribution >= 4 is 5.78 Å². The zero-order valence-corrected chi connectivity index (χ0v) is 9.14. The van der Waals surface area contributed by atoms with Crippen LogP contribution in [0, 0.1) is 0 Å². The highest BCUT2D eigenvalue weighted by Gasteiger charge is 2.20. The Hall–Kier alpha value is -1.39. The van der Waals surface area contributed by atoms with Crippen LogP contribution in [0.4, 0.5) is 0 Å². The van der Waals surface area contributed by atoms with E-state index in [0.717, 1.165) is 0 Å². The molecule has 4 nitrogen and oxygen atoms in total. The van der Waals surface area contributed by atoms with Gasteiger partial charge in [-0.25, -0.2) is 0 Å². The van der Waals surface area contributed by atoms with Gasteiger partial charge >= 0.3 is 0 Å². The van der Waals surface area contributed by atoms with E-state index in [1.54, 1.807) is 31.4 Å². The lowest BCUT2D eigenvalue weighted by Gasteiger charge is -2.08. The summed E-state index contributed by atoms with van der Waals surface area (Å²) in [5, 5.41) is 0. The standard InChI is InChI=1S/C12H14O4/c1-14-10-4-2-3-9(7-10)11(13)8-12-15-5-6-16-12/h2-4,7,12H,5-6,8H2,1H3. The van der Waals surface area contributed by atoms with Crippen molar-refractivity contribution in [1.82, 2.24) is 0 Å². The van der Waals surface area contributed by atoms with Crippen molar-refractivity contribution < 1.29 is 19.0 Å². The van der Waals surface area contributed by atoms with Crippen LogP contribution in [-0.2, 0) is 9.47 Å². The number of carbonyl (C=O) groups excluding carboxylic acids is 1. The molecule has 1 aromatic carbocycles. The molecule has 86 valence electrons. The fraction of sp³-hybridized carbons (Fsp3) is 0.417. The minimum Gasteiger partial charge on any atom is -0.497 e. The van der Waals surface area contributed by atoms with Crippen molar-refractivity contribution in [3.8, 4) is 5.75 Å². The molecule has 1 fully saturated rings. The molecule has 0 aromatic heterocycles. The van der Waals surface area contributed by atoms with Gasteiger partial charge in [-0.05, 0) is 12.1 Å². The molecule has 2 rings (SSSR count). The van der Waals surface area contributed by atoms with Gasteiger partial charge in [0.1, 0.15) is 5.75 Å². The molecule has 0 bridgehead atoms. The van der Waals surface area contributed by atoms with Crippen LogP contribution < -0.4 is 4.74 Å². The summed E-state index contributed by atoms with van der Waals surface area (Å²) in [5.74, 6) is 0.685. The second kappa shape index (κ2) is 5.09. The number of ketones is 1. The summed E-state index contributed by atoms with van der Waals surface area (Å²) in [5.41, 5.74) is 0.624. The van der Waals surface area contributed by atoms with Crippen LogP contribution >= 0.6 is 0 Å². The quantitative estimate of drug-likeness (QED) is 0.726. The second-order valence-electron chi connectivity index (χ2n) is 3.53. The summed E-state index contributed by atoms with van der Waals surface area (Å²) in [7, 11) is 1.58. The molecule has 0 radical (unpaired) electrons. The van der Waals surface area contributed by atoms with E-state index < -0.39 is 6.29 Å². The number of Topliss-reactive ketones (excluding diaryl/α,β-unsaturated/α-hetero) is 1. The fourth-order valence-corrected chi connectivity index (χ4v) is 1.59. The largest absolute Gasteiger partial charge is 0.497 e. The molecule has 1 aliphatic rings. The van der Waals surface area contributed by atoms with Crippen LogP contribution in [0.2, 0.25) is 0 Å². The van der Waals surface area contributed by atoms with Gasteiger partial charge in [-0.15, -0.1) is 0 Å². The Bertz CT molecular complexity index is 369. The number of hydrogen-bond acceptors (Lipinski definition) is 4. The van der Waals surface area contributed by atoms with E-state index in [1.807, 2.05) is 0 Å². The van der Waals surface area contributed by atoms with Crippen LogP contribution in [0.3, 0.4) is 0 Å². The SMILES string of the molecule is COc1cccc(C(=O)CC2OCCO2)c1. The molecular formula is C12H14O4. The van der Waals surface area contributed by atoms with Gasteiger partial charge < -0.3 is 14.2 Å². The van der Waals surface area contributed by atoms with E-state index in [2.05, 4.69) is 0 Å². The molecule has 0 aliphatic carbocycles. The highest BCUT2D eigenvalue weighted by molar-refractivity contribution is 5.96. The molecule has 1 aliphatic heterocycles. The maximum absolute atomic E-state index is 11.9. The molecule has 1 aromatic rings. The third-order valence-electron chi connectivity index (χ3n) is 2.43. The summed E-state index contributed by atoms with van der Waals surface area (Å²) in [6, 6.07) is 7.08. The molecule has 1 heterocycles. The Labute approximate surface area is 94.1 Å². The Morgan fingerprint density at radius 3 is 2.88 bits per heavy atom. The van der Waals surface area contributed by atoms with E-state index in [4.69, 9.17) is 14.2 Å². The summed E-state index contributed by atoms with van der Waals surface area (Å²) in [6.07, 6.45) is -0.133. The molecule has 0 spiro atoms. The fourth-order valence-electron chi connectivity index (χ4n) is 1.59. The predicted octanol–water partition coefficient (Wildman–Crippen LogP) is 1.64. The predicted molar refractivity (Wildman–Crippen MR) is 57.6 cm³/mol. The van der Waals surface area contributed by atoms with Gasteiger partial charge in [0.2, 0.25) is 0 Å². The Morgan fingerprint density at radius 2 is 2.19 bits per heavy atom. The van der Waals surface area contributed by atoms with Crippen molar-refractivity contribution in [2.75, 3.05) is 20.3 Å². The molecule has 0 amide bonds. The smallest absolute Gasteiger partial charge is 0.168 e. The third-order valence-corrected chi connectivity index (χ3v) is 2.43. The highest BCUT2D eigenvalue weighted by atomic mass is 16.7. The Morgan fingerprint density at radius 1 is 1.44 bits per heavy atom. The summed E-state index contributed by atoms with van der Waals surface area (Å²) < 4.78 is 15.5. The molecule has 0 atom stereocenters. The van der Waals surface area contributed by atoms with Crippen molar-refractivity contribution in [3.63, 3.8) is 0 Å². The topological polar surface area (TPSA) is 44.8 Å². The van der Waals surface area contributed by atoms with E-state index in [-0.39, 0.29) is 12.2 Å². The van der Waals surface area contributed by atoms with Crippen molar-refractivity contribution in [2.45, 2.75) is 12.7 Å². The van der Waals surface area contributed by atoms with Gasteiger partial charge in [-0.3, -0.25) is 4.79 Å². The zero-order valence-electron chi connectivity index (χ0n) is 9.14. The lowest BCUT2D eigenvalue weighted by atomic mass is 10.1. The molecule has 0 unspecified atom stereocenters. The lowest BCUT2D eigenvalue weighted by molar-refractivity contribution is -0.0407.